The van der Waals surface area contributed by atoms with Crippen molar-refractivity contribution in [3.8, 4) is 0 Å². The predicted octanol–water partition coefficient (Wildman–Crippen LogP) is 0.876. The molecule has 2 heterocycles. The second kappa shape index (κ2) is 5.58. The highest BCUT2D eigenvalue weighted by molar-refractivity contribution is 7.93. The Morgan fingerprint density at radius 1 is 1.33 bits per heavy atom. The zero-order chi connectivity index (χ0) is 14.9. The highest BCUT2D eigenvalue weighted by Gasteiger charge is 2.20. The second-order valence-electron chi connectivity index (χ2n) is 4.84. The third-order valence-electron chi connectivity index (χ3n) is 3.32. The van der Waals surface area contributed by atoms with Crippen molar-refractivity contribution in [2.45, 2.75) is 17.4 Å². The van der Waals surface area contributed by atoms with Crippen molar-refractivity contribution in [1.82, 2.24) is 9.36 Å². The van der Waals surface area contributed by atoms with E-state index in [1.807, 2.05) is 0 Å². The maximum Gasteiger partial charge on any atom is 0.263 e. The van der Waals surface area contributed by atoms with Crippen molar-refractivity contribution in [1.29, 1.82) is 0 Å². The first-order valence-electron chi connectivity index (χ1n) is 6.45. The Bertz CT molecular complexity index is 700. The van der Waals surface area contributed by atoms with Gasteiger partial charge in [-0.1, -0.05) is 0 Å². The average Bonchev–Trinajstić information content (AvgIpc) is 3.10. The molecule has 112 valence electrons. The van der Waals surface area contributed by atoms with Gasteiger partial charge in [0, 0.05) is 36.4 Å². The van der Waals surface area contributed by atoms with Crippen molar-refractivity contribution >= 4 is 32.4 Å². The van der Waals surface area contributed by atoms with E-state index >= 15 is 0 Å². The van der Waals surface area contributed by atoms with Crippen LogP contribution < -0.4 is 15.4 Å². The standard InChI is InChI=1S/C12H15N5O2S2/c13-9-5-6-17(7-9)10-1-3-11(4-2-10)21(18,19)16-12-14-8-15-20-12/h1-4,8-9H,5-7,13H2,(H,14,15,16)/t9-/m0/s1. The molecule has 1 aromatic carbocycles. The topological polar surface area (TPSA) is 101 Å². The number of rotatable bonds is 4. The third kappa shape index (κ3) is 3.14. The largest absolute Gasteiger partial charge is 0.370 e. The maximum atomic E-state index is 12.2. The number of aromatic nitrogens is 2. The maximum absolute atomic E-state index is 12.2. The van der Waals surface area contributed by atoms with Crippen molar-refractivity contribution in [2.75, 3.05) is 22.7 Å². The van der Waals surface area contributed by atoms with Crippen LogP contribution in [-0.2, 0) is 10.0 Å². The van der Waals surface area contributed by atoms with Crippen LogP contribution in [0.25, 0.3) is 0 Å². The number of hydrogen-bond donors (Lipinski definition) is 2. The first-order valence-corrected chi connectivity index (χ1v) is 8.70. The molecule has 1 aromatic heterocycles. The van der Waals surface area contributed by atoms with Gasteiger partial charge in [-0.15, -0.1) is 0 Å². The van der Waals surface area contributed by atoms with Crippen LogP contribution in [0.5, 0.6) is 0 Å². The van der Waals surface area contributed by atoms with Crippen LogP contribution in [0.2, 0.25) is 0 Å². The summed E-state index contributed by atoms with van der Waals surface area (Å²) < 4.78 is 30.5. The molecule has 21 heavy (non-hydrogen) atoms. The van der Waals surface area contributed by atoms with E-state index in [-0.39, 0.29) is 16.1 Å². The number of nitrogens with zero attached hydrogens (tertiary/aromatic N) is 3. The first kappa shape index (κ1) is 14.2. The van der Waals surface area contributed by atoms with E-state index in [0.29, 0.717) is 0 Å². The van der Waals surface area contributed by atoms with Gasteiger partial charge >= 0.3 is 0 Å². The Morgan fingerprint density at radius 2 is 2.10 bits per heavy atom. The second-order valence-corrected chi connectivity index (χ2v) is 7.30. The van der Waals surface area contributed by atoms with Gasteiger partial charge in [0.1, 0.15) is 6.33 Å². The summed E-state index contributed by atoms with van der Waals surface area (Å²) in [5.74, 6) is 0. The molecular formula is C12H15N5O2S2. The molecule has 0 amide bonds. The molecule has 9 heteroatoms. The Hall–Kier alpha value is -1.71. The molecule has 1 saturated heterocycles. The minimum atomic E-state index is -3.62. The van der Waals surface area contributed by atoms with Crippen LogP contribution in [0.3, 0.4) is 0 Å². The van der Waals surface area contributed by atoms with E-state index in [1.165, 1.54) is 6.33 Å². The van der Waals surface area contributed by atoms with Crippen LogP contribution in [0.4, 0.5) is 10.8 Å². The lowest BCUT2D eigenvalue weighted by Gasteiger charge is -2.18. The first-order chi connectivity index (χ1) is 10.0. The van der Waals surface area contributed by atoms with Gasteiger partial charge in [0.05, 0.1) is 4.90 Å². The molecular weight excluding hydrogens is 310 g/mol. The summed E-state index contributed by atoms with van der Waals surface area (Å²) in [5, 5.41) is 0.254. The number of hydrogen-bond acceptors (Lipinski definition) is 7. The van der Waals surface area contributed by atoms with Crippen LogP contribution in [0.1, 0.15) is 6.42 Å². The monoisotopic (exact) mass is 325 g/mol. The van der Waals surface area contributed by atoms with E-state index < -0.39 is 10.0 Å². The molecule has 0 saturated carbocycles. The van der Waals surface area contributed by atoms with Crippen LogP contribution in [-0.4, -0.2) is 36.9 Å². The van der Waals surface area contributed by atoms with Crippen LogP contribution in [0, 0.1) is 0 Å². The fourth-order valence-electron chi connectivity index (χ4n) is 2.25. The Morgan fingerprint density at radius 3 is 2.67 bits per heavy atom. The minimum absolute atomic E-state index is 0.187. The highest BCUT2D eigenvalue weighted by Crippen LogP contribution is 2.23. The molecule has 0 spiro atoms. The average molecular weight is 325 g/mol. The summed E-state index contributed by atoms with van der Waals surface area (Å²) in [7, 11) is -3.62. The SMILES string of the molecule is N[C@H]1CCN(c2ccc(S(=O)(=O)Nc3ncns3)cc2)C1. The molecule has 1 fully saturated rings. The zero-order valence-corrected chi connectivity index (χ0v) is 12.8. The molecule has 3 rings (SSSR count). The summed E-state index contributed by atoms with van der Waals surface area (Å²) in [5.41, 5.74) is 6.86. The van der Waals surface area contributed by atoms with Gasteiger partial charge in [0.25, 0.3) is 10.0 Å². The van der Waals surface area contributed by atoms with Gasteiger partial charge < -0.3 is 10.6 Å². The number of nitrogens with one attached hydrogen (secondary N) is 1. The number of anilines is 2. The van der Waals surface area contributed by atoms with E-state index in [9.17, 15) is 8.42 Å². The molecule has 0 aliphatic carbocycles. The van der Waals surface area contributed by atoms with E-state index in [0.717, 1.165) is 36.7 Å². The summed E-state index contributed by atoms with van der Waals surface area (Å²) >= 11 is 0.995. The molecule has 1 aliphatic heterocycles. The van der Waals surface area contributed by atoms with E-state index in [4.69, 9.17) is 5.73 Å². The Balaban J connectivity index is 1.77. The zero-order valence-electron chi connectivity index (χ0n) is 11.1. The molecule has 0 bridgehead atoms. The van der Waals surface area contributed by atoms with Gasteiger partial charge in [-0.2, -0.15) is 4.37 Å². The molecule has 0 unspecified atom stereocenters. The molecule has 7 nitrogen and oxygen atoms in total. The Labute approximate surface area is 127 Å². The van der Waals surface area contributed by atoms with Crippen LogP contribution in [0.15, 0.2) is 35.5 Å². The summed E-state index contributed by atoms with van der Waals surface area (Å²) in [4.78, 5) is 6.16. The van der Waals surface area contributed by atoms with Gasteiger partial charge in [0.2, 0.25) is 5.13 Å². The molecule has 1 atom stereocenters. The minimum Gasteiger partial charge on any atom is -0.370 e. The number of benzene rings is 1. The van der Waals surface area contributed by atoms with Gasteiger partial charge in [-0.3, -0.25) is 4.72 Å². The lowest BCUT2D eigenvalue weighted by atomic mass is 10.3. The van der Waals surface area contributed by atoms with Gasteiger partial charge in [-0.25, -0.2) is 13.4 Å². The smallest absolute Gasteiger partial charge is 0.263 e. The summed E-state index contributed by atoms with van der Waals surface area (Å²) in [6, 6.07) is 6.96. The summed E-state index contributed by atoms with van der Waals surface area (Å²) in [6.07, 6.45) is 2.26. The lowest BCUT2D eigenvalue weighted by Crippen LogP contribution is -2.26. The van der Waals surface area contributed by atoms with Crippen molar-refractivity contribution < 1.29 is 8.42 Å². The van der Waals surface area contributed by atoms with Crippen molar-refractivity contribution in [3.63, 3.8) is 0 Å². The Kier molecular flexibility index (Phi) is 3.79. The molecule has 2 aromatic rings. The van der Waals surface area contributed by atoms with Gasteiger partial charge in [-0.05, 0) is 30.7 Å². The van der Waals surface area contributed by atoms with Crippen molar-refractivity contribution in [2.24, 2.45) is 5.73 Å². The molecule has 0 radical (unpaired) electrons. The lowest BCUT2D eigenvalue weighted by molar-refractivity contribution is 0.601. The number of nitrogens with two attached hydrogens (primary N) is 1. The fourth-order valence-corrected chi connectivity index (χ4v) is 3.91. The summed E-state index contributed by atoms with van der Waals surface area (Å²) in [6.45, 7) is 1.70. The van der Waals surface area contributed by atoms with Crippen LogP contribution >= 0.6 is 11.5 Å². The van der Waals surface area contributed by atoms with E-state index in [1.54, 1.807) is 24.3 Å². The highest BCUT2D eigenvalue weighted by atomic mass is 32.2. The van der Waals surface area contributed by atoms with Gasteiger partial charge in [0.15, 0.2) is 0 Å². The molecule has 1 aliphatic rings. The number of sulfonamides is 1. The third-order valence-corrected chi connectivity index (χ3v) is 5.38. The fraction of sp³-hybridized carbons (Fsp3) is 0.333. The molecule has 3 N–H and O–H groups in total. The quantitative estimate of drug-likeness (QED) is 0.865. The van der Waals surface area contributed by atoms with Crippen molar-refractivity contribution in [3.05, 3.63) is 30.6 Å². The van der Waals surface area contributed by atoms with E-state index in [2.05, 4.69) is 19.0 Å². The normalized spacial score (nSPS) is 18.9. The predicted molar refractivity (Wildman–Crippen MR) is 82.0 cm³/mol.